The zero-order valence-corrected chi connectivity index (χ0v) is 12.1. The van der Waals surface area contributed by atoms with Gasteiger partial charge in [0.2, 0.25) is 0 Å². The first kappa shape index (κ1) is 12.9. The van der Waals surface area contributed by atoms with Crippen LogP contribution in [-0.4, -0.2) is 17.3 Å². The van der Waals surface area contributed by atoms with Crippen molar-refractivity contribution in [3.05, 3.63) is 35.2 Å². The van der Waals surface area contributed by atoms with Crippen LogP contribution in [-0.2, 0) is 0 Å². The Morgan fingerprint density at radius 2 is 2.05 bits per heavy atom. The van der Waals surface area contributed by atoms with E-state index in [1.807, 2.05) is 30.3 Å². The molecule has 0 saturated heterocycles. The van der Waals surface area contributed by atoms with Gasteiger partial charge in [-0.25, -0.2) is 0 Å². The number of fused-ring (bicyclic) bond motifs is 1. The first-order valence-corrected chi connectivity index (χ1v) is 7.93. The van der Waals surface area contributed by atoms with Crippen LogP contribution in [0.2, 0.25) is 0 Å². The lowest BCUT2D eigenvalue weighted by Gasteiger charge is -2.27. The minimum atomic E-state index is 0.0127. The van der Waals surface area contributed by atoms with Gasteiger partial charge in [-0.15, -0.1) is 22.9 Å². The number of carbonyl (C=O) groups excluding carboxylic acids is 1. The van der Waals surface area contributed by atoms with E-state index in [1.54, 1.807) is 11.3 Å². The molecule has 2 aromatic rings. The Morgan fingerprint density at radius 1 is 1.26 bits per heavy atom. The third-order valence-corrected chi connectivity index (χ3v) is 5.28. The Labute approximate surface area is 121 Å². The van der Waals surface area contributed by atoms with Crippen LogP contribution in [0.4, 0.5) is 0 Å². The number of thiophene rings is 1. The van der Waals surface area contributed by atoms with Crippen LogP contribution in [0.15, 0.2) is 30.3 Å². The molecule has 0 radical (unpaired) electrons. The van der Waals surface area contributed by atoms with Crippen molar-refractivity contribution in [2.45, 2.75) is 37.1 Å². The summed E-state index contributed by atoms with van der Waals surface area (Å²) in [6, 6.07) is 10.1. The maximum atomic E-state index is 12.3. The SMILES string of the molecule is O=C(NC1CCCCC1Cl)c1cc2ccccc2s1. The van der Waals surface area contributed by atoms with Crippen LogP contribution in [0.1, 0.15) is 35.4 Å². The number of halogens is 1. The fraction of sp³-hybridized carbons (Fsp3) is 0.400. The van der Waals surface area contributed by atoms with Gasteiger partial charge in [-0.2, -0.15) is 0 Å². The molecular weight excluding hydrogens is 278 g/mol. The number of carbonyl (C=O) groups is 1. The first-order chi connectivity index (χ1) is 9.24. The molecule has 2 unspecified atom stereocenters. The fourth-order valence-electron chi connectivity index (χ4n) is 2.58. The van der Waals surface area contributed by atoms with E-state index in [9.17, 15) is 4.79 Å². The Morgan fingerprint density at radius 3 is 2.84 bits per heavy atom. The van der Waals surface area contributed by atoms with E-state index in [2.05, 4.69) is 5.32 Å². The average Bonchev–Trinajstić information content (AvgIpc) is 2.85. The van der Waals surface area contributed by atoms with Gasteiger partial charge >= 0.3 is 0 Å². The highest BCUT2D eigenvalue weighted by molar-refractivity contribution is 7.20. The second-order valence-corrected chi connectivity index (χ2v) is 6.67. The zero-order valence-electron chi connectivity index (χ0n) is 10.6. The quantitative estimate of drug-likeness (QED) is 0.827. The molecule has 2 nitrogen and oxygen atoms in total. The van der Waals surface area contributed by atoms with Gasteiger partial charge < -0.3 is 5.32 Å². The third-order valence-electron chi connectivity index (χ3n) is 3.65. The molecule has 4 heteroatoms. The molecule has 3 rings (SSSR count). The van der Waals surface area contributed by atoms with Crippen molar-refractivity contribution >= 4 is 38.9 Å². The topological polar surface area (TPSA) is 29.1 Å². The number of hydrogen-bond donors (Lipinski definition) is 1. The summed E-state index contributed by atoms with van der Waals surface area (Å²) in [6.45, 7) is 0. The number of hydrogen-bond acceptors (Lipinski definition) is 2. The van der Waals surface area contributed by atoms with E-state index in [0.717, 1.165) is 34.2 Å². The van der Waals surface area contributed by atoms with Crippen LogP contribution in [0.3, 0.4) is 0 Å². The third kappa shape index (κ3) is 2.77. The van der Waals surface area contributed by atoms with Gasteiger partial charge in [-0.05, 0) is 30.4 Å². The number of nitrogens with one attached hydrogen (secondary N) is 1. The number of rotatable bonds is 2. The zero-order chi connectivity index (χ0) is 13.2. The van der Waals surface area contributed by atoms with Gasteiger partial charge in [0.05, 0.1) is 10.3 Å². The molecule has 1 amide bonds. The second kappa shape index (κ2) is 5.51. The van der Waals surface area contributed by atoms with E-state index in [1.165, 1.54) is 6.42 Å². The van der Waals surface area contributed by atoms with Crippen molar-refractivity contribution in [3.63, 3.8) is 0 Å². The minimum absolute atomic E-state index is 0.0127. The molecule has 1 saturated carbocycles. The standard InChI is InChI=1S/C15H16ClNOS/c16-11-6-2-3-7-12(11)17-15(18)14-9-10-5-1-4-8-13(10)19-14/h1,4-5,8-9,11-12H,2-3,6-7H2,(H,17,18). The van der Waals surface area contributed by atoms with Crippen molar-refractivity contribution in [1.29, 1.82) is 0 Å². The Balaban J connectivity index is 1.76. The molecule has 2 atom stereocenters. The lowest BCUT2D eigenvalue weighted by Crippen LogP contribution is -2.42. The van der Waals surface area contributed by atoms with Crippen LogP contribution in [0.5, 0.6) is 0 Å². The lowest BCUT2D eigenvalue weighted by atomic mass is 9.95. The molecule has 1 heterocycles. The van der Waals surface area contributed by atoms with Crippen LogP contribution < -0.4 is 5.32 Å². The Bertz CT molecular complexity index is 562. The Hall–Kier alpha value is -1.06. The number of alkyl halides is 1. The van der Waals surface area contributed by atoms with Gasteiger partial charge in [-0.1, -0.05) is 31.0 Å². The molecule has 1 fully saturated rings. The van der Waals surface area contributed by atoms with Gasteiger partial charge in [0.15, 0.2) is 0 Å². The highest BCUT2D eigenvalue weighted by Crippen LogP contribution is 2.27. The maximum absolute atomic E-state index is 12.3. The van der Waals surface area contributed by atoms with E-state index < -0.39 is 0 Å². The summed E-state index contributed by atoms with van der Waals surface area (Å²) in [4.78, 5) is 13.0. The monoisotopic (exact) mass is 293 g/mol. The molecule has 1 N–H and O–H groups in total. The average molecular weight is 294 g/mol. The summed E-state index contributed by atoms with van der Waals surface area (Å²) in [6.07, 6.45) is 4.31. The summed E-state index contributed by atoms with van der Waals surface area (Å²) in [5.41, 5.74) is 0. The fourth-order valence-corrected chi connectivity index (χ4v) is 3.89. The number of amides is 1. The normalized spacial score (nSPS) is 23.4. The molecular formula is C15H16ClNOS. The van der Waals surface area contributed by atoms with Gasteiger partial charge in [0.25, 0.3) is 5.91 Å². The first-order valence-electron chi connectivity index (χ1n) is 6.67. The molecule has 1 aromatic heterocycles. The second-order valence-electron chi connectivity index (χ2n) is 5.03. The van der Waals surface area contributed by atoms with E-state index in [-0.39, 0.29) is 17.3 Å². The summed E-state index contributed by atoms with van der Waals surface area (Å²) in [5.74, 6) is 0.0127. The van der Waals surface area contributed by atoms with E-state index in [4.69, 9.17) is 11.6 Å². The largest absolute Gasteiger partial charge is 0.347 e. The smallest absolute Gasteiger partial charge is 0.261 e. The maximum Gasteiger partial charge on any atom is 0.261 e. The van der Waals surface area contributed by atoms with Crippen molar-refractivity contribution < 1.29 is 4.79 Å². The molecule has 1 aliphatic rings. The van der Waals surface area contributed by atoms with Crippen molar-refractivity contribution in [2.75, 3.05) is 0 Å². The molecule has 1 aromatic carbocycles. The highest BCUT2D eigenvalue weighted by atomic mass is 35.5. The Kier molecular flexibility index (Phi) is 3.76. The van der Waals surface area contributed by atoms with Gasteiger partial charge in [0.1, 0.15) is 0 Å². The van der Waals surface area contributed by atoms with Crippen molar-refractivity contribution in [2.24, 2.45) is 0 Å². The molecule has 0 aliphatic heterocycles. The summed E-state index contributed by atoms with van der Waals surface area (Å²) in [5, 5.41) is 4.29. The van der Waals surface area contributed by atoms with Gasteiger partial charge in [0, 0.05) is 10.7 Å². The van der Waals surface area contributed by atoms with Crippen LogP contribution in [0.25, 0.3) is 10.1 Å². The summed E-state index contributed by atoms with van der Waals surface area (Å²) < 4.78 is 1.15. The van der Waals surface area contributed by atoms with E-state index >= 15 is 0 Å². The van der Waals surface area contributed by atoms with Crippen LogP contribution >= 0.6 is 22.9 Å². The predicted molar refractivity (Wildman–Crippen MR) is 81.2 cm³/mol. The molecule has 100 valence electrons. The van der Waals surface area contributed by atoms with E-state index in [0.29, 0.717) is 0 Å². The number of benzene rings is 1. The van der Waals surface area contributed by atoms with Crippen molar-refractivity contribution in [3.8, 4) is 0 Å². The van der Waals surface area contributed by atoms with Crippen LogP contribution in [0, 0.1) is 0 Å². The molecule has 0 spiro atoms. The summed E-state index contributed by atoms with van der Waals surface area (Å²) >= 11 is 7.82. The molecule has 0 bridgehead atoms. The summed E-state index contributed by atoms with van der Waals surface area (Å²) in [7, 11) is 0. The molecule has 1 aliphatic carbocycles. The molecule has 19 heavy (non-hydrogen) atoms. The highest BCUT2D eigenvalue weighted by Gasteiger charge is 2.25. The minimum Gasteiger partial charge on any atom is -0.347 e. The van der Waals surface area contributed by atoms with Crippen molar-refractivity contribution in [1.82, 2.24) is 5.32 Å². The van der Waals surface area contributed by atoms with Gasteiger partial charge in [-0.3, -0.25) is 4.79 Å². The predicted octanol–water partition coefficient (Wildman–Crippen LogP) is 4.18. The lowest BCUT2D eigenvalue weighted by molar-refractivity contribution is 0.0933.